The largest absolute Gasteiger partial charge is 0.481 e. The molecule has 0 amide bonds. The highest BCUT2D eigenvalue weighted by Crippen LogP contribution is 2.21. The van der Waals surface area contributed by atoms with Crippen LogP contribution in [0.3, 0.4) is 0 Å². The van der Waals surface area contributed by atoms with E-state index in [9.17, 15) is 4.79 Å². The van der Waals surface area contributed by atoms with Gasteiger partial charge >= 0.3 is 5.97 Å². The van der Waals surface area contributed by atoms with Crippen LogP contribution in [0.2, 0.25) is 0 Å². The molecular weight excluding hydrogens is 202 g/mol. The molecule has 16 heavy (non-hydrogen) atoms. The lowest BCUT2D eigenvalue weighted by Gasteiger charge is -2.26. The van der Waals surface area contributed by atoms with Crippen LogP contribution >= 0.6 is 0 Å². The Hall–Kier alpha value is -0.570. The molecule has 0 aliphatic rings. The molecule has 3 nitrogen and oxygen atoms in total. The summed E-state index contributed by atoms with van der Waals surface area (Å²) in [6.07, 6.45) is 2.33. The molecule has 0 aliphatic carbocycles. The smallest absolute Gasteiger partial charge is 0.308 e. The average molecular weight is 229 g/mol. The van der Waals surface area contributed by atoms with E-state index >= 15 is 0 Å². The van der Waals surface area contributed by atoms with Gasteiger partial charge in [-0.05, 0) is 17.8 Å². The molecule has 96 valence electrons. The normalized spacial score (nSPS) is 14.1. The fourth-order valence-electron chi connectivity index (χ4n) is 1.94. The number of nitrogens with one attached hydrogen (secondary N) is 1. The minimum absolute atomic E-state index is 0.180. The van der Waals surface area contributed by atoms with Crippen molar-refractivity contribution in [2.75, 3.05) is 13.1 Å². The number of carbonyl (C=O) groups is 1. The van der Waals surface area contributed by atoms with Crippen LogP contribution in [0, 0.1) is 17.3 Å². The van der Waals surface area contributed by atoms with Crippen molar-refractivity contribution in [3.63, 3.8) is 0 Å². The highest BCUT2D eigenvalue weighted by atomic mass is 16.4. The number of carboxylic acid groups (broad SMARTS) is 1. The topological polar surface area (TPSA) is 49.3 Å². The molecule has 0 aromatic carbocycles. The van der Waals surface area contributed by atoms with Crippen LogP contribution in [0.4, 0.5) is 0 Å². The summed E-state index contributed by atoms with van der Waals surface area (Å²) >= 11 is 0. The molecule has 0 spiro atoms. The lowest BCUT2D eigenvalue weighted by Crippen LogP contribution is -2.37. The van der Waals surface area contributed by atoms with E-state index in [1.807, 2.05) is 13.8 Å². The Kier molecular flexibility index (Phi) is 6.65. The highest BCUT2D eigenvalue weighted by Gasteiger charge is 2.22. The minimum atomic E-state index is -0.698. The van der Waals surface area contributed by atoms with E-state index in [1.54, 1.807) is 0 Å². The summed E-state index contributed by atoms with van der Waals surface area (Å²) in [6.45, 7) is 12.0. The first-order valence-electron chi connectivity index (χ1n) is 6.23. The van der Waals surface area contributed by atoms with E-state index in [2.05, 4.69) is 26.1 Å². The second kappa shape index (κ2) is 6.89. The average Bonchev–Trinajstić information content (AvgIpc) is 2.10. The Morgan fingerprint density at radius 1 is 1.38 bits per heavy atom. The van der Waals surface area contributed by atoms with Crippen LogP contribution in [-0.2, 0) is 4.79 Å². The van der Waals surface area contributed by atoms with Gasteiger partial charge in [0, 0.05) is 13.1 Å². The first-order valence-corrected chi connectivity index (χ1v) is 6.23. The van der Waals surface area contributed by atoms with Crippen LogP contribution in [0.15, 0.2) is 0 Å². The molecular formula is C13H27NO2. The zero-order valence-corrected chi connectivity index (χ0v) is 11.3. The molecule has 0 saturated carbocycles. The van der Waals surface area contributed by atoms with Gasteiger partial charge in [-0.25, -0.2) is 0 Å². The fourth-order valence-corrected chi connectivity index (χ4v) is 1.94. The lowest BCUT2D eigenvalue weighted by atomic mass is 9.87. The van der Waals surface area contributed by atoms with Crippen molar-refractivity contribution in [2.45, 2.75) is 47.5 Å². The van der Waals surface area contributed by atoms with Crippen molar-refractivity contribution in [1.29, 1.82) is 0 Å². The van der Waals surface area contributed by atoms with E-state index in [-0.39, 0.29) is 17.3 Å². The van der Waals surface area contributed by atoms with Crippen LogP contribution in [0.1, 0.15) is 47.5 Å². The van der Waals surface area contributed by atoms with E-state index in [1.165, 1.54) is 12.8 Å². The summed E-state index contributed by atoms with van der Waals surface area (Å²) in [5.41, 5.74) is 0.259. The second-order valence-corrected chi connectivity index (χ2v) is 5.73. The highest BCUT2D eigenvalue weighted by molar-refractivity contribution is 5.70. The van der Waals surface area contributed by atoms with Crippen LogP contribution < -0.4 is 5.32 Å². The van der Waals surface area contributed by atoms with Gasteiger partial charge in [0.05, 0.1) is 5.92 Å². The van der Waals surface area contributed by atoms with Crippen molar-refractivity contribution in [3.05, 3.63) is 0 Å². The van der Waals surface area contributed by atoms with Crippen molar-refractivity contribution in [2.24, 2.45) is 17.3 Å². The van der Waals surface area contributed by atoms with Crippen molar-refractivity contribution >= 4 is 5.97 Å². The van der Waals surface area contributed by atoms with Gasteiger partial charge in [0.1, 0.15) is 0 Å². The monoisotopic (exact) mass is 229 g/mol. The van der Waals surface area contributed by atoms with Crippen molar-refractivity contribution < 1.29 is 9.90 Å². The van der Waals surface area contributed by atoms with Gasteiger partial charge in [-0.1, -0.05) is 41.0 Å². The lowest BCUT2D eigenvalue weighted by molar-refractivity contribution is -0.143. The van der Waals surface area contributed by atoms with Gasteiger partial charge in [0.2, 0.25) is 0 Å². The molecule has 0 aromatic heterocycles. The molecule has 1 atom stereocenters. The Bertz CT molecular complexity index is 212. The predicted octanol–water partition coefficient (Wildman–Crippen LogP) is 2.76. The van der Waals surface area contributed by atoms with Crippen molar-refractivity contribution in [1.82, 2.24) is 5.32 Å². The summed E-state index contributed by atoms with van der Waals surface area (Å²) in [7, 11) is 0. The molecule has 0 saturated heterocycles. The number of carboxylic acids is 1. The molecule has 1 unspecified atom stereocenters. The zero-order chi connectivity index (χ0) is 12.8. The molecule has 0 aliphatic heterocycles. The van der Waals surface area contributed by atoms with E-state index < -0.39 is 5.97 Å². The maximum Gasteiger partial charge on any atom is 0.308 e. The van der Waals surface area contributed by atoms with Gasteiger partial charge in [0.15, 0.2) is 0 Å². The predicted molar refractivity (Wildman–Crippen MR) is 67.5 cm³/mol. The molecule has 3 heteroatoms. The Labute approximate surface area is 99.6 Å². The van der Waals surface area contributed by atoms with Gasteiger partial charge in [-0.15, -0.1) is 0 Å². The standard InChI is InChI=1S/C13H27NO2/c1-6-7-13(4,5)9-14-8-11(10(2)3)12(15)16/h10-11,14H,6-9H2,1-5H3,(H,15,16). The Balaban J connectivity index is 3.99. The van der Waals surface area contributed by atoms with E-state index in [0.717, 1.165) is 6.54 Å². The van der Waals surface area contributed by atoms with E-state index in [4.69, 9.17) is 5.11 Å². The Morgan fingerprint density at radius 3 is 2.31 bits per heavy atom. The minimum Gasteiger partial charge on any atom is -0.481 e. The SMILES string of the molecule is CCCC(C)(C)CNCC(C(=O)O)C(C)C. The molecule has 0 aromatic rings. The molecule has 0 bridgehead atoms. The number of aliphatic carboxylic acids is 1. The number of hydrogen-bond acceptors (Lipinski definition) is 2. The summed E-state index contributed by atoms with van der Waals surface area (Å²) in [5.74, 6) is -0.799. The van der Waals surface area contributed by atoms with Gasteiger partial charge < -0.3 is 10.4 Å². The Morgan fingerprint density at radius 2 is 1.94 bits per heavy atom. The maximum atomic E-state index is 11.0. The molecule has 2 N–H and O–H groups in total. The molecule has 0 fully saturated rings. The van der Waals surface area contributed by atoms with Gasteiger partial charge in [-0.2, -0.15) is 0 Å². The maximum absolute atomic E-state index is 11.0. The third kappa shape index (κ3) is 6.11. The third-order valence-electron chi connectivity index (χ3n) is 3.02. The summed E-state index contributed by atoms with van der Waals surface area (Å²) in [4.78, 5) is 11.0. The fraction of sp³-hybridized carbons (Fsp3) is 0.923. The number of rotatable bonds is 8. The first-order chi connectivity index (χ1) is 7.30. The quantitative estimate of drug-likeness (QED) is 0.673. The summed E-state index contributed by atoms with van der Waals surface area (Å²) < 4.78 is 0. The van der Waals surface area contributed by atoms with Crippen LogP contribution in [0.5, 0.6) is 0 Å². The molecule has 0 radical (unpaired) electrons. The van der Waals surface area contributed by atoms with Gasteiger partial charge in [-0.3, -0.25) is 4.79 Å². The zero-order valence-electron chi connectivity index (χ0n) is 11.3. The van der Waals surface area contributed by atoms with E-state index in [0.29, 0.717) is 6.54 Å². The second-order valence-electron chi connectivity index (χ2n) is 5.73. The van der Waals surface area contributed by atoms with Crippen molar-refractivity contribution in [3.8, 4) is 0 Å². The van der Waals surface area contributed by atoms with Gasteiger partial charge in [0.25, 0.3) is 0 Å². The number of hydrogen-bond donors (Lipinski definition) is 2. The van der Waals surface area contributed by atoms with Crippen LogP contribution in [0.25, 0.3) is 0 Å². The van der Waals surface area contributed by atoms with Crippen LogP contribution in [-0.4, -0.2) is 24.2 Å². The molecule has 0 heterocycles. The summed E-state index contributed by atoms with van der Waals surface area (Å²) in [6, 6.07) is 0. The summed E-state index contributed by atoms with van der Waals surface area (Å²) in [5, 5.41) is 12.3. The molecule has 0 rings (SSSR count). The third-order valence-corrected chi connectivity index (χ3v) is 3.02. The first kappa shape index (κ1) is 15.4.